The Bertz CT molecular complexity index is 2610. The second kappa shape index (κ2) is 8.48. The average molecular weight is 618 g/mol. The van der Waals surface area contributed by atoms with E-state index in [-0.39, 0.29) is 29.4 Å². The van der Waals surface area contributed by atoms with Crippen LogP contribution in [0.2, 0.25) is 0 Å². The van der Waals surface area contributed by atoms with Crippen LogP contribution in [0.4, 0.5) is 11.4 Å². The monoisotopic (exact) mass is 617 g/mol. The number of hydrogen-bond donors (Lipinski definition) is 0. The van der Waals surface area contributed by atoms with Crippen LogP contribution in [0.1, 0.15) is 59.1 Å². The van der Waals surface area contributed by atoms with Gasteiger partial charge in [0.15, 0.2) is 5.58 Å². The topological polar surface area (TPSA) is 25.6 Å². The molecular formula is C45H31NO2. The maximum atomic E-state index is 6.86. The minimum absolute atomic E-state index is 0.0283. The first-order chi connectivity index (χ1) is 23.6. The van der Waals surface area contributed by atoms with Crippen molar-refractivity contribution in [1.29, 1.82) is 0 Å². The summed E-state index contributed by atoms with van der Waals surface area (Å²) in [6.07, 6.45) is 13.8. The summed E-state index contributed by atoms with van der Waals surface area (Å²) in [4.78, 5) is 2.57. The number of rotatable bonds is 1. The lowest BCUT2D eigenvalue weighted by atomic mass is 9.78. The van der Waals surface area contributed by atoms with E-state index >= 15 is 0 Å². The molecule has 0 saturated heterocycles. The zero-order chi connectivity index (χ0) is 31.5. The molecule has 1 aromatic heterocycles. The molecule has 0 bridgehead atoms. The normalized spacial score (nSPS) is 24.0. The molecule has 4 heterocycles. The lowest BCUT2D eigenvalue weighted by Gasteiger charge is -2.27. The van der Waals surface area contributed by atoms with Crippen LogP contribution in [-0.2, 0) is 5.41 Å². The quantitative estimate of drug-likeness (QED) is 0.184. The largest absolute Gasteiger partial charge is 0.483 e. The van der Waals surface area contributed by atoms with Crippen molar-refractivity contribution in [2.75, 3.05) is 4.90 Å². The van der Waals surface area contributed by atoms with E-state index in [9.17, 15) is 0 Å². The van der Waals surface area contributed by atoms with Crippen LogP contribution in [-0.4, -0.2) is 12.1 Å². The van der Waals surface area contributed by atoms with E-state index in [2.05, 4.69) is 146 Å². The number of para-hydroxylation sites is 1. The van der Waals surface area contributed by atoms with Gasteiger partial charge in [0.25, 0.3) is 0 Å². The van der Waals surface area contributed by atoms with Crippen molar-refractivity contribution < 1.29 is 9.15 Å². The maximum Gasteiger partial charge on any atom is 0.159 e. The predicted octanol–water partition coefficient (Wildman–Crippen LogP) is 11.0. The van der Waals surface area contributed by atoms with Crippen LogP contribution < -0.4 is 9.64 Å². The molecule has 3 heteroatoms. The third-order valence-corrected chi connectivity index (χ3v) is 12.1. The summed E-state index contributed by atoms with van der Waals surface area (Å²) in [6.45, 7) is 4.73. The molecule has 228 valence electrons. The van der Waals surface area contributed by atoms with Crippen LogP contribution in [0.3, 0.4) is 0 Å². The Kier molecular flexibility index (Phi) is 4.51. The van der Waals surface area contributed by atoms with Crippen LogP contribution in [0.15, 0.2) is 132 Å². The number of allylic oxidation sites excluding steroid dienone is 4. The fourth-order valence-corrected chi connectivity index (χ4v) is 9.90. The molecule has 0 spiro atoms. The molecule has 3 aliphatic carbocycles. The standard InChI is InChI=1S/C45H31NO2/c1-45(2)36-12-6-3-9-26(36)27-16-15-24(23-37(27)45)25-21-34-30-17-19-32-28-10-4-7-13-38(28)47-43(32)41(30)46-40(34)35(22-25)31-18-20-33-29-11-5-8-14-39(29)48-44(33)42(31)46/h3-23,28,35,38,40H,1-2H3. The highest BCUT2D eigenvalue weighted by atomic mass is 16.5. The van der Waals surface area contributed by atoms with Gasteiger partial charge in [-0.15, -0.1) is 0 Å². The SMILES string of the molecule is CC1(C)c2ccccc2-c2ccc(C3=CC4c5ccc6c(oc7ccccc76)c5N5c6c(ccc7c6OC6C=CC=CC76)C(=C3)C45)cc21. The number of furan rings is 1. The van der Waals surface area contributed by atoms with Crippen LogP contribution in [0.25, 0.3) is 44.2 Å². The Balaban J connectivity index is 1.11. The molecule has 0 fully saturated rings. The van der Waals surface area contributed by atoms with Gasteiger partial charge >= 0.3 is 0 Å². The van der Waals surface area contributed by atoms with Crippen molar-refractivity contribution in [3.05, 3.63) is 161 Å². The highest BCUT2D eigenvalue weighted by molar-refractivity contribution is 6.14. The van der Waals surface area contributed by atoms with Gasteiger partial charge in [-0.1, -0.05) is 117 Å². The lowest BCUT2D eigenvalue weighted by molar-refractivity contribution is 0.269. The molecule has 5 aromatic carbocycles. The first-order valence-corrected chi connectivity index (χ1v) is 17.2. The number of anilines is 2. The molecule has 0 amide bonds. The lowest BCUT2D eigenvalue weighted by Crippen LogP contribution is -2.27. The molecule has 12 rings (SSSR count). The molecule has 0 saturated carbocycles. The maximum absolute atomic E-state index is 6.86. The number of fused-ring (bicyclic) bond motifs is 17. The van der Waals surface area contributed by atoms with E-state index < -0.39 is 0 Å². The van der Waals surface area contributed by atoms with Gasteiger partial charge < -0.3 is 14.1 Å². The van der Waals surface area contributed by atoms with E-state index in [4.69, 9.17) is 9.15 Å². The van der Waals surface area contributed by atoms with Gasteiger partial charge in [0, 0.05) is 39.2 Å². The molecule has 6 aromatic rings. The van der Waals surface area contributed by atoms with Crippen molar-refractivity contribution in [3.8, 4) is 16.9 Å². The van der Waals surface area contributed by atoms with E-state index in [0.29, 0.717) is 0 Å². The fourth-order valence-electron chi connectivity index (χ4n) is 9.90. The van der Waals surface area contributed by atoms with Gasteiger partial charge in [0.2, 0.25) is 0 Å². The van der Waals surface area contributed by atoms with Gasteiger partial charge in [0.1, 0.15) is 17.4 Å². The van der Waals surface area contributed by atoms with E-state index in [0.717, 1.165) is 22.3 Å². The average Bonchev–Trinajstić information content (AvgIpc) is 3.90. The summed E-state index contributed by atoms with van der Waals surface area (Å²) < 4.78 is 13.6. The Morgan fingerprint density at radius 3 is 2.46 bits per heavy atom. The summed E-state index contributed by atoms with van der Waals surface area (Å²) in [5, 5.41) is 2.33. The number of nitrogens with zero attached hydrogens (tertiary/aromatic N) is 1. The molecule has 6 aliphatic rings. The van der Waals surface area contributed by atoms with Crippen molar-refractivity contribution in [2.45, 2.75) is 43.2 Å². The zero-order valence-corrected chi connectivity index (χ0v) is 26.7. The van der Waals surface area contributed by atoms with Crippen molar-refractivity contribution in [2.24, 2.45) is 0 Å². The minimum Gasteiger partial charge on any atom is -0.483 e. The van der Waals surface area contributed by atoms with Gasteiger partial charge in [-0.25, -0.2) is 0 Å². The Morgan fingerprint density at radius 2 is 1.50 bits per heavy atom. The third kappa shape index (κ3) is 2.94. The molecule has 3 aliphatic heterocycles. The molecule has 4 unspecified atom stereocenters. The third-order valence-electron chi connectivity index (χ3n) is 12.1. The summed E-state index contributed by atoms with van der Waals surface area (Å²) in [7, 11) is 0. The number of benzene rings is 5. The Morgan fingerprint density at radius 1 is 0.688 bits per heavy atom. The smallest absolute Gasteiger partial charge is 0.159 e. The molecule has 0 radical (unpaired) electrons. The van der Waals surface area contributed by atoms with Gasteiger partial charge in [-0.2, -0.15) is 0 Å². The van der Waals surface area contributed by atoms with Gasteiger partial charge in [-0.05, 0) is 68.8 Å². The summed E-state index contributed by atoms with van der Waals surface area (Å²) >= 11 is 0. The second-order valence-electron chi connectivity index (χ2n) is 14.7. The second-order valence-corrected chi connectivity index (χ2v) is 14.7. The van der Waals surface area contributed by atoms with Crippen molar-refractivity contribution in [3.63, 3.8) is 0 Å². The highest BCUT2D eigenvalue weighted by Gasteiger charge is 2.52. The Labute approximate surface area is 278 Å². The number of hydrogen-bond acceptors (Lipinski definition) is 3. The predicted molar refractivity (Wildman–Crippen MR) is 194 cm³/mol. The molecular weight excluding hydrogens is 587 g/mol. The molecule has 48 heavy (non-hydrogen) atoms. The van der Waals surface area contributed by atoms with Crippen LogP contribution in [0.5, 0.6) is 5.75 Å². The first kappa shape index (κ1) is 25.5. The van der Waals surface area contributed by atoms with Crippen molar-refractivity contribution in [1.82, 2.24) is 0 Å². The molecule has 4 atom stereocenters. The van der Waals surface area contributed by atoms with E-state index in [1.807, 2.05) is 0 Å². The van der Waals surface area contributed by atoms with Crippen LogP contribution in [0, 0.1) is 0 Å². The van der Waals surface area contributed by atoms with Gasteiger partial charge in [-0.3, -0.25) is 0 Å². The number of ether oxygens (including phenoxy) is 1. The first-order valence-electron chi connectivity index (χ1n) is 17.2. The van der Waals surface area contributed by atoms with E-state index in [1.54, 1.807) is 0 Å². The summed E-state index contributed by atoms with van der Waals surface area (Å²) in [6, 6.07) is 33.9. The summed E-state index contributed by atoms with van der Waals surface area (Å²) in [5.41, 5.74) is 17.5. The molecule has 0 N–H and O–H groups in total. The Hall–Kier alpha value is -5.54. The minimum atomic E-state index is -0.0476. The summed E-state index contributed by atoms with van der Waals surface area (Å²) in [5.74, 6) is 1.43. The van der Waals surface area contributed by atoms with Gasteiger partial charge in [0.05, 0.1) is 17.4 Å². The molecule has 3 nitrogen and oxygen atoms in total. The fraction of sp³-hybridized carbons (Fsp3) is 0.156. The highest BCUT2D eigenvalue weighted by Crippen LogP contribution is 2.65. The zero-order valence-electron chi connectivity index (χ0n) is 26.7. The van der Waals surface area contributed by atoms with Crippen molar-refractivity contribution >= 4 is 44.5 Å². The van der Waals surface area contributed by atoms with Crippen LogP contribution >= 0.6 is 0 Å². The van der Waals surface area contributed by atoms with E-state index in [1.165, 1.54) is 72.4 Å².